The van der Waals surface area contributed by atoms with Gasteiger partial charge in [-0.05, 0) is 36.2 Å². The lowest BCUT2D eigenvalue weighted by atomic mass is 10.1. The van der Waals surface area contributed by atoms with Gasteiger partial charge < -0.3 is 10.1 Å². The maximum Gasteiger partial charge on any atom is 0.310 e. The summed E-state index contributed by atoms with van der Waals surface area (Å²) in [6, 6.07) is 13.4. The molecular formula is C21H26N2O5S. The molecule has 1 N–H and O–H groups in total. The number of anilines is 1. The van der Waals surface area contributed by atoms with Crippen LogP contribution in [0.2, 0.25) is 0 Å². The van der Waals surface area contributed by atoms with E-state index in [4.69, 9.17) is 4.74 Å². The summed E-state index contributed by atoms with van der Waals surface area (Å²) < 4.78 is 31.5. The van der Waals surface area contributed by atoms with Crippen LogP contribution in [0.25, 0.3) is 0 Å². The number of hydrogen-bond acceptors (Lipinski definition) is 5. The first-order valence-electron chi connectivity index (χ1n) is 9.38. The van der Waals surface area contributed by atoms with Crippen molar-refractivity contribution in [3.05, 3.63) is 59.7 Å². The van der Waals surface area contributed by atoms with Gasteiger partial charge in [-0.15, -0.1) is 0 Å². The van der Waals surface area contributed by atoms with Gasteiger partial charge >= 0.3 is 5.97 Å². The molecule has 1 amide bonds. The van der Waals surface area contributed by atoms with Gasteiger partial charge in [0.1, 0.15) is 0 Å². The summed E-state index contributed by atoms with van der Waals surface area (Å²) in [7, 11) is -3.63. The van der Waals surface area contributed by atoms with Gasteiger partial charge in [0, 0.05) is 18.8 Å². The topological polar surface area (TPSA) is 92.8 Å². The fourth-order valence-corrected chi connectivity index (χ4v) is 4.31. The van der Waals surface area contributed by atoms with E-state index in [-0.39, 0.29) is 11.3 Å². The minimum Gasteiger partial charge on any atom is -0.455 e. The van der Waals surface area contributed by atoms with Crippen molar-refractivity contribution in [2.75, 3.05) is 25.0 Å². The van der Waals surface area contributed by atoms with E-state index in [1.54, 1.807) is 26.0 Å². The van der Waals surface area contributed by atoms with Gasteiger partial charge in [-0.25, -0.2) is 8.42 Å². The molecule has 0 atom stereocenters. The minimum atomic E-state index is -3.63. The molecule has 2 aromatic rings. The minimum absolute atomic E-state index is 0.0809. The van der Waals surface area contributed by atoms with Gasteiger partial charge in [0.05, 0.1) is 11.3 Å². The maximum absolute atomic E-state index is 12.6. The zero-order chi connectivity index (χ0) is 21.4. The number of benzene rings is 2. The van der Waals surface area contributed by atoms with E-state index >= 15 is 0 Å². The first-order valence-corrected chi connectivity index (χ1v) is 10.8. The molecule has 7 nitrogen and oxygen atoms in total. The molecule has 29 heavy (non-hydrogen) atoms. The fraction of sp³-hybridized carbons (Fsp3) is 0.333. The molecule has 0 aliphatic rings. The third-order valence-corrected chi connectivity index (χ3v) is 6.47. The van der Waals surface area contributed by atoms with Crippen molar-refractivity contribution in [2.24, 2.45) is 0 Å². The number of esters is 1. The number of hydrogen-bond donors (Lipinski definition) is 1. The van der Waals surface area contributed by atoms with Crippen LogP contribution in [0.1, 0.15) is 25.0 Å². The van der Waals surface area contributed by atoms with Gasteiger partial charge in [0.2, 0.25) is 10.0 Å². The molecule has 8 heteroatoms. The zero-order valence-electron chi connectivity index (χ0n) is 16.8. The van der Waals surface area contributed by atoms with Crippen LogP contribution in [0, 0.1) is 6.92 Å². The molecule has 0 unspecified atom stereocenters. The summed E-state index contributed by atoms with van der Waals surface area (Å²) in [6.07, 6.45) is 0.0809. The normalized spacial score (nSPS) is 11.3. The Hall–Kier alpha value is -2.71. The van der Waals surface area contributed by atoms with Crippen LogP contribution in [-0.4, -0.2) is 44.3 Å². The number of nitrogens with one attached hydrogen (secondary N) is 1. The lowest BCUT2D eigenvalue weighted by Gasteiger charge is -2.18. The number of carbonyl (C=O) groups excluding carboxylic acids is 2. The molecule has 2 rings (SSSR count). The number of nitrogens with zero attached hydrogens (tertiary/aromatic N) is 1. The molecule has 0 saturated heterocycles. The van der Waals surface area contributed by atoms with Crippen LogP contribution in [0.4, 0.5) is 5.69 Å². The highest BCUT2D eigenvalue weighted by atomic mass is 32.2. The van der Waals surface area contributed by atoms with Crippen LogP contribution >= 0.6 is 0 Å². The highest BCUT2D eigenvalue weighted by molar-refractivity contribution is 7.89. The average Bonchev–Trinajstić information content (AvgIpc) is 2.69. The van der Waals surface area contributed by atoms with Crippen molar-refractivity contribution in [1.29, 1.82) is 0 Å². The first-order chi connectivity index (χ1) is 13.8. The van der Waals surface area contributed by atoms with Crippen molar-refractivity contribution in [1.82, 2.24) is 4.31 Å². The Morgan fingerprint density at radius 3 is 2.38 bits per heavy atom. The highest BCUT2D eigenvalue weighted by Gasteiger charge is 2.22. The summed E-state index contributed by atoms with van der Waals surface area (Å²) in [6.45, 7) is 5.68. The van der Waals surface area contributed by atoms with Gasteiger partial charge in [-0.1, -0.05) is 44.2 Å². The third-order valence-electron chi connectivity index (χ3n) is 4.42. The maximum atomic E-state index is 12.6. The van der Waals surface area contributed by atoms with Crippen molar-refractivity contribution < 1.29 is 22.7 Å². The van der Waals surface area contributed by atoms with E-state index in [1.165, 1.54) is 16.4 Å². The summed E-state index contributed by atoms with van der Waals surface area (Å²) in [5.74, 6) is -1.05. The number of aryl methyl sites for hydroxylation is 1. The largest absolute Gasteiger partial charge is 0.455 e. The zero-order valence-corrected chi connectivity index (χ0v) is 17.7. The smallest absolute Gasteiger partial charge is 0.310 e. The Morgan fingerprint density at radius 2 is 1.72 bits per heavy atom. The van der Waals surface area contributed by atoms with Gasteiger partial charge in [-0.2, -0.15) is 4.31 Å². The second-order valence-electron chi connectivity index (χ2n) is 6.43. The van der Waals surface area contributed by atoms with E-state index in [2.05, 4.69) is 5.32 Å². The van der Waals surface area contributed by atoms with Crippen LogP contribution in [0.15, 0.2) is 53.4 Å². The average molecular weight is 419 g/mol. The van der Waals surface area contributed by atoms with Crippen molar-refractivity contribution in [3.63, 3.8) is 0 Å². The van der Waals surface area contributed by atoms with Gasteiger partial charge in [0.25, 0.3) is 5.91 Å². The molecule has 0 spiro atoms. The number of carbonyl (C=O) groups is 2. The number of amides is 1. The number of sulfonamides is 1. The van der Waals surface area contributed by atoms with E-state index in [1.807, 2.05) is 31.2 Å². The summed E-state index contributed by atoms with van der Waals surface area (Å²) in [5.41, 5.74) is 2.13. The van der Waals surface area contributed by atoms with E-state index in [9.17, 15) is 18.0 Å². The van der Waals surface area contributed by atoms with Crippen molar-refractivity contribution >= 4 is 27.6 Å². The summed E-state index contributed by atoms with van der Waals surface area (Å²) in [4.78, 5) is 24.1. The number of rotatable bonds is 9. The molecule has 0 aliphatic carbocycles. The standard InChI is InChI=1S/C21H26N2O5S/c1-4-23(5-2)29(26,27)19-12-8-11-18(14-19)22-20(24)15-28-21(25)13-17-10-7-6-9-16(17)3/h6-12,14H,4-5,13,15H2,1-3H3,(H,22,24). The first kappa shape index (κ1) is 22.6. The SMILES string of the molecule is CCN(CC)S(=O)(=O)c1cccc(NC(=O)COC(=O)Cc2ccccc2C)c1. The fourth-order valence-electron chi connectivity index (χ4n) is 2.80. The Labute approximate surface area is 171 Å². The third kappa shape index (κ3) is 6.13. The van der Waals surface area contributed by atoms with E-state index in [0.717, 1.165) is 11.1 Å². The second-order valence-corrected chi connectivity index (χ2v) is 8.37. The van der Waals surface area contributed by atoms with Crippen LogP contribution in [0.5, 0.6) is 0 Å². The number of ether oxygens (including phenoxy) is 1. The quantitative estimate of drug-likeness (QED) is 0.632. The summed E-state index contributed by atoms with van der Waals surface area (Å²) in [5, 5.41) is 2.56. The van der Waals surface area contributed by atoms with Crippen LogP contribution in [-0.2, 0) is 30.8 Å². The molecule has 0 aliphatic heterocycles. The molecule has 0 bridgehead atoms. The molecule has 156 valence electrons. The van der Waals surface area contributed by atoms with Crippen molar-refractivity contribution in [2.45, 2.75) is 32.1 Å². The second kappa shape index (κ2) is 10.2. The monoisotopic (exact) mass is 418 g/mol. The van der Waals surface area contributed by atoms with E-state index < -0.39 is 28.5 Å². The van der Waals surface area contributed by atoms with Crippen LogP contribution < -0.4 is 5.32 Å². The van der Waals surface area contributed by atoms with Gasteiger partial charge in [-0.3, -0.25) is 9.59 Å². The predicted molar refractivity (Wildman–Crippen MR) is 111 cm³/mol. The van der Waals surface area contributed by atoms with Gasteiger partial charge in [0.15, 0.2) is 6.61 Å². The molecule has 0 saturated carbocycles. The van der Waals surface area contributed by atoms with E-state index in [0.29, 0.717) is 18.8 Å². The highest BCUT2D eigenvalue weighted by Crippen LogP contribution is 2.19. The molecule has 0 fully saturated rings. The Morgan fingerprint density at radius 1 is 1.03 bits per heavy atom. The molecule has 0 radical (unpaired) electrons. The molecule has 0 heterocycles. The molecule has 0 aromatic heterocycles. The molecule has 2 aromatic carbocycles. The Bertz CT molecular complexity index is 969. The summed E-state index contributed by atoms with van der Waals surface area (Å²) >= 11 is 0. The lowest BCUT2D eigenvalue weighted by molar-refractivity contribution is -0.146. The Balaban J connectivity index is 1.96. The lowest BCUT2D eigenvalue weighted by Crippen LogP contribution is -2.30. The van der Waals surface area contributed by atoms with Crippen LogP contribution in [0.3, 0.4) is 0 Å². The van der Waals surface area contributed by atoms with Crippen molar-refractivity contribution in [3.8, 4) is 0 Å². The molecular weight excluding hydrogens is 392 g/mol. The predicted octanol–water partition coefficient (Wildman–Crippen LogP) is 2.75. The Kier molecular flexibility index (Phi) is 7.92.